The monoisotopic (exact) mass is 1060 g/mol. The SMILES string of the molecule is [C-]#[N+]c1cc(C#N)c(-c2ccc3c(c2)c2cc(-c4c(C#N)cc(C#N)cc4[N+]#[C-])ccc2n3-c2c(-c3ccccc3C(F)(F)F)cc(-c3cc(-c4ccccc4)nc(-c4ccccc4)n3)cc2-c2ccccc2C(F)(F)F)c([N+]#[C-])c1. The first kappa shape index (κ1) is 51.5. The molecule has 0 aliphatic heterocycles. The Bertz CT molecular complexity index is 4330. The van der Waals surface area contributed by atoms with E-state index < -0.39 is 34.6 Å². The molecule has 0 aliphatic rings. The van der Waals surface area contributed by atoms with Crippen LogP contribution in [0.4, 0.5) is 43.4 Å². The highest BCUT2D eigenvalue weighted by Gasteiger charge is 2.38. The molecule has 15 heteroatoms. The minimum absolute atomic E-state index is 0.0144. The van der Waals surface area contributed by atoms with Crippen LogP contribution in [-0.2, 0) is 12.4 Å². The third kappa shape index (κ3) is 9.26. The van der Waals surface area contributed by atoms with Gasteiger partial charge in [-0.1, -0.05) is 115 Å². The first-order valence-electron chi connectivity index (χ1n) is 24.5. The molecule has 0 fully saturated rings. The average Bonchev–Trinajstić information content (AvgIpc) is 4.11. The van der Waals surface area contributed by atoms with Crippen molar-refractivity contribution >= 4 is 38.9 Å². The summed E-state index contributed by atoms with van der Waals surface area (Å²) in [6.45, 7) is 23.9. The van der Waals surface area contributed by atoms with Crippen LogP contribution in [0.1, 0.15) is 27.8 Å². The summed E-state index contributed by atoms with van der Waals surface area (Å²) in [4.78, 5) is 20.6. The number of nitriles is 3. The number of hydrogen-bond acceptors (Lipinski definition) is 5. The molecule has 0 spiro atoms. The van der Waals surface area contributed by atoms with Gasteiger partial charge in [0.15, 0.2) is 22.9 Å². The van der Waals surface area contributed by atoms with Gasteiger partial charge in [-0.2, -0.15) is 42.1 Å². The van der Waals surface area contributed by atoms with E-state index >= 15 is 26.3 Å². The van der Waals surface area contributed by atoms with Gasteiger partial charge in [-0.25, -0.2) is 24.5 Å². The number of rotatable bonds is 8. The molecule has 9 nitrogen and oxygen atoms in total. The zero-order valence-electron chi connectivity index (χ0n) is 41.7. The van der Waals surface area contributed by atoms with Crippen molar-refractivity contribution in [2.45, 2.75) is 12.4 Å². The summed E-state index contributed by atoms with van der Waals surface area (Å²) in [5.74, 6) is 0.229. The Kier molecular flexibility index (Phi) is 13.0. The predicted octanol–water partition coefficient (Wildman–Crippen LogP) is 18.5. The van der Waals surface area contributed by atoms with Gasteiger partial charge in [-0.3, -0.25) is 0 Å². The first-order chi connectivity index (χ1) is 39.1. The lowest BCUT2D eigenvalue weighted by molar-refractivity contribution is -0.137. The summed E-state index contributed by atoms with van der Waals surface area (Å²) in [6, 6.07) is 53.2. The number of alkyl halides is 6. The van der Waals surface area contributed by atoms with E-state index in [4.69, 9.17) is 29.7 Å². The van der Waals surface area contributed by atoms with Gasteiger partial charge in [0.25, 0.3) is 0 Å². The van der Waals surface area contributed by atoms with Gasteiger partial charge in [0.2, 0.25) is 0 Å². The molecule has 11 rings (SSSR count). The second-order valence-corrected chi connectivity index (χ2v) is 18.5. The summed E-state index contributed by atoms with van der Waals surface area (Å²) >= 11 is 0. The molecule has 382 valence electrons. The number of fused-ring (bicyclic) bond motifs is 3. The smallest absolute Gasteiger partial charge is 0.308 e. The van der Waals surface area contributed by atoms with E-state index in [1.165, 1.54) is 72.8 Å². The van der Waals surface area contributed by atoms with Gasteiger partial charge >= 0.3 is 12.4 Å². The summed E-state index contributed by atoms with van der Waals surface area (Å²) < 4.78 is 95.9. The van der Waals surface area contributed by atoms with E-state index in [2.05, 4.69) is 26.7 Å². The highest BCUT2D eigenvalue weighted by atomic mass is 19.4. The fourth-order valence-electron chi connectivity index (χ4n) is 10.3. The summed E-state index contributed by atoms with van der Waals surface area (Å²) in [6.07, 6.45) is -10.0. The zero-order chi connectivity index (χ0) is 56.7. The molecule has 0 bridgehead atoms. The summed E-state index contributed by atoms with van der Waals surface area (Å²) in [5, 5.41) is 31.3. The topological polar surface area (TPSA) is 115 Å². The Morgan fingerprint density at radius 3 is 1.37 bits per heavy atom. The van der Waals surface area contributed by atoms with Crippen molar-refractivity contribution in [3.05, 3.63) is 250 Å². The Labute approximate surface area is 458 Å². The van der Waals surface area contributed by atoms with Crippen molar-refractivity contribution in [1.82, 2.24) is 14.5 Å². The molecule has 11 aromatic rings. The number of hydrogen-bond donors (Lipinski definition) is 0. The normalized spacial score (nSPS) is 11.3. The third-order valence-corrected chi connectivity index (χ3v) is 13.8. The quantitative estimate of drug-likeness (QED) is 0.111. The summed E-state index contributed by atoms with van der Waals surface area (Å²) in [7, 11) is 0. The van der Waals surface area contributed by atoms with Gasteiger partial charge in [-0.15, -0.1) is 0 Å². The van der Waals surface area contributed by atoms with Crippen LogP contribution in [0.15, 0.2) is 188 Å². The van der Waals surface area contributed by atoms with Crippen LogP contribution in [0.2, 0.25) is 0 Å². The summed E-state index contributed by atoms with van der Waals surface area (Å²) in [5.41, 5.74) is -0.114. The fourth-order valence-corrected chi connectivity index (χ4v) is 10.3. The number of halogens is 6. The van der Waals surface area contributed by atoms with Gasteiger partial charge in [0.1, 0.15) is 0 Å². The Morgan fingerprint density at radius 1 is 0.420 bits per heavy atom. The minimum atomic E-state index is -5.00. The van der Waals surface area contributed by atoms with Crippen molar-refractivity contribution in [2.75, 3.05) is 0 Å². The molecule has 2 aromatic heterocycles. The Hall–Kier alpha value is -11.6. The molecule has 0 N–H and O–H groups in total. The standard InChI is InChI=1S/C66H31F6N9/c1-76-46-28-45(37-75)62(58(33-46)78-3)42-23-25-60-50(30-42)49-29-41(61-44(36-74)26-38(35-73)27-57(61)77-2)22-24-59(49)81(60)63-51(47-18-10-12-20-53(47)65(67,68)69)31-43(32-52(63)48-19-11-13-21-54(48)66(70,71)72)56-34-55(39-14-6-4-7-15-39)79-64(80-56)40-16-8-5-9-17-40/h4-34H. The molecular formula is C66H31F6N9. The second kappa shape index (κ2) is 20.4. The van der Waals surface area contributed by atoms with Crippen LogP contribution in [0.25, 0.3) is 120 Å². The van der Waals surface area contributed by atoms with Crippen molar-refractivity contribution in [1.29, 1.82) is 15.8 Å². The van der Waals surface area contributed by atoms with Gasteiger partial charge in [0.05, 0.1) is 82.7 Å². The first-order valence-corrected chi connectivity index (χ1v) is 24.5. The molecule has 0 radical (unpaired) electrons. The van der Waals surface area contributed by atoms with E-state index in [0.29, 0.717) is 38.7 Å². The lowest BCUT2D eigenvalue weighted by Crippen LogP contribution is -2.11. The molecule has 2 heterocycles. The van der Waals surface area contributed by atoms with Crippen molar-refractivity contribution < 1.29 is 26.3 Å². The van der Waals surface area contributed by atoms with Crippen LogP contribution in [0.5, 0.6) is 0 Å². The van der Waals surface area contributed by atoms with Crippen LogP contribution in [-0.4, -0.2) is 14.5 Å². The lowest BCUT2D eigenvalue weighted by atomic mass is 9.88. The van der Waals surface area contributed by atoms with Gasteiger partial charge < -0.3 is 4.57 Å². The van der Waals surface area contributed by atoms with E-state index in [1.807, 2.05) is 24.3 Å². The molecule has 0 aliphatic carbocycles. The molecule has 81 heavy (non-hydrogen) atoms. The average molecular weight is 1060 g/mol. The predicted molar refractivity (Wildman–Crippen MR) is 297 cm³/mol. The van der Waals surface area contributed by atoms with Crippen molar-refractivity contribution in [2.24, 2.45) is 0 Å². The van der Waals surface area contributed by atoms with Crippen LogP contribution >= 0.6 is 0 Å². The molecule has 0 saturated heterocycles. The number of nitrogens with zero attached hydrogens (tertiary/aromatic N) is 9. The van der Waals surface area contributed by atoms with Crippen LogP contribution in [0, 0.1) is 53.7 Å². The molecule has 9 aromatic carbocycles. The molecule has 0 atom stereocenters. The Morgan fingerprint density at radius 2 is 0.889 bits per heavy atom. The maximum atomic E-state index is 15.7. The molecular weight excluding hydrogens is 1030 g/mol. The Balaban J connectivity index is 1.34. The third-order valence-electron chi connectivity index (χ3n) is 13.8. The number of benzene rings is 9. The largest absolute Gasteiger partial charge is 0.417 e. The lowest BCUT2D eigenvalue weighted by Gasteiger charge is -2.24. The molecule has 0 unspecified atom stereocenters. The fraction of sp³-hybridized carbons (Fsp3) is 0.0303. The van der Waals surface area contributed by atoms with Crippen molar-refractivity contribution in [3.63, 3.8) is 0 Å². The highest BCUT2D eigenvalue weighted by Crippen LogP contribution is 2.51. The number of aromatic nitrogens is 3. The maximum Gasteiger partial charge on any atom is 0.417 e. The van der Waals surface area contributed by atoms with E-state index in [1.54, 1.807) is 89.5 Å². The molecule has 0 amide bonds. The van der Waals surface area contributed by atoms with Crippen LogP contribution in [0.3, 0.4) is 0 Å². The minimum Gasteiger partial charge on any atom is -0.308 e. The zero-order valence-corrected chi connectivity index (χ0v) is 41.7. The van der Waals surface area contributed by atoms with E-state index in [0.717, 1.165) is 12.1 Å². The van der Waals surface area contributed by atoms with E-state index in [9.17, 15) is 15.8 Å². The van der Waals surface area contributed by atoms with Crippen LogP contribution < -0.4 is 0 Å². The maximum absolute atomic E-state index is 15.7. The van der Waals surface area contributed by atoms with Gasteiger partial charge in [0, 0.05) is 60.8 Å². The van der Waals surface area contributed by atoms with Crippen molar-refractivity contribution in [3.8, 4) is 102 Å². The van der Waals surface area contributed by atoms with Gasteiger partial charge in [-0.05, 0) is 95.1 Å². The second-order valence-electron chi connectivity index (χ2n) is 18.5. The molecule has 0 saturated carbocycles. The van der Waals surface area contributed by atoms with E-state index in [-0.39, 0.29) is 89.8 Å². The highest BCUT2D eigenvalue weighted by molar-refractivity contribution is 6.14.